The highest BCUT2D eigenvalue weighted by Crippen LogP contribution is 2.14. The first-order valence-corrected chi connectivity index (χ1v) is 9.45. The predicted octanol–water partition coefficient (Wildman–Crippen LogP) is 2.99. The Morgan fingerprint density at radius 3 is 2.32 bits per heavy atom. The maximum atomic E-state index is 11.8. The largest absolute Gasteiger partial charge is 0.393 e. The molecular formula is C20H34N2O3. The summed E-state index contributed by atoms with van der Waals surface area (Å²) in [6, 6.07) is 6.79. The molecule has 0 fully saturated rings. The molecule has 0 aromatic heterocycles. The van der Waals surface area contributed by atoms with Crippen molar-refractivity contribution < 1.29 is 15.0 Å². The Morgan fingerprint density at radius 2 is 1.72 bits per heavy atom. The van der Waals surface area contributed by atoms with E-state index < -0.39 is 12.1 Å². The van der Waals surface area contributed by atoms with Crippen molar-refractivity contribution in [1.82, 2.24) is 0 Å². The van der Waals surface area contributed by atoms with Gasteiger partial charge in [-0.15, -0.1) is 0 Å². The van der Waals surface area contributed by atoms with Gasteiger partial charge in [0.25, 0.3) is 0 Å². The van der Waals surface area contributed by atoms with Gasteiger partial charge in [-0.2, -0.15) is 0 Å². The fraction of sp³-hybridized carbons (Fsp3) is 0.650. The van der Waals surface area contributed by atoms with E-state index >= 15 is 0 Å². The van der Waals surface area contributed by atoms with Gasteiger partial charge in [0.1, 0.15) is 6.04 Å². The van der Waals surface area contributed by atoms with E-state index in [4.69, 9.17) is 5.73 Å². The van der Waals surface area contributed by atoms with Crippen molar-refractivity contribution in [1.29, 1.82) is 0 Å². The number of aliphatic hydroxyl groups excluding tert-OH is 2. The van der Waals surface area contributed by atoms with Gasteiger partial charge in [0, 0.05) is 5.69 Å². The van der Waals surface area contributed by atoms with E-state index in [0.717, 1.165) is 51.4 Å². The lowest BCUT2D eigenvalue weighted by atomic mass is 10.0. The number of nitrogens with one attached hydrogen (secondary N) is 1. The Morgan fingerprint density at radius 1 is 1.08 bits per heavy atom. The van der Waals surface area contributed by atoms with Gasteiger partial charge in [-0.25, -0.2) is 0 Å². The predicted molar refractivity (Wildman–Crippen MR) is 102 cm³/mol. The normalized spacial score (nSPS) is 14.8. The second-order valence-electron chi connectivity index (χ2n) is 6.85. The van der Waals surface area contributed by atoms with Crippen molar-refractivity contribution in [2.75, 3.05) is 5.32 Å². The zero-order valence-electron chi connectivity index (χ0n) is 15.6. The van der Waals surface area contributed by atoms with Crippen LogP contribution in [-0.2, 0) is 11.2 Å². The molecule has 1 aromatic rings. The number of carbonyl (C=O) groups excluding carboxylic acids is 1. The number of carbonyl (C=O) groups is 1. The molecule has 0 heterocycles. The number of hydrogen-bond acceptors (Lipinski definition) is 4. The minimum Gasteiger partial charge on any atom is -0.393 e. The number of aryl methyl sites for hydroxylation is 1. The molecule has 1 unspecified atom stereocenters. The average molecular weight is 351 g/mol. The van der Waals surface area contributed by atoms with Gasteiger partial charge >= 0.3 is 0 Å². The highest BCUT2D eigenvalue weighted by Gasteiger charge is 2.18. The Hall–Kier alpha value is -1.43. The second-order valence-corrected chi connectivity index (χ2v) is 6.85. The van der Waals surface area contributed by atoms with Crippen molar-refractivity contribution >= 4 is 11.6 Å². The molecule has 1 rings (SSSR count). The molecule has 0 saturated carbocycles. The fourth-order valence-electron chi connectivity index (χ4n) is 2.67. The topological polar surface area (TPSA) is 95.6 Å². The molecule has 1 aromatic carbocycles. The molecule has 0 spiro atoms. The van der Waals surface area contributed by atoms with E-state index in [0.29, 0.717) is 5.69 Å². The Bertz CT molecular complexity index is 488. The zero-order valence-corrected chi connectivity index (χ0v) is 15.6. The highest BCUT2D eigenvalue weighted by molar-refractivity contribution is 5.95. The van der Waals surface area contributed by atoms with Gasteiger partial charge in [0.2, 0.25) is 5.91 Å². The molecule has 0 radical (unpaired) electrons. The molecule has 0 aliphatic heterocycles. The van der Waals surface area contributed by atoms with Crippen molar-refractivity contribution in [3.63, 3.8) is 0 Å². The quantitative estimate of drug-likeness (QED) is 0.436. The maximum Gasteiger partial charge on any atom is 0.243 e. The Balaban J connectivity index is 2.25. The third-order valence-corrected chi connectivity index (χ3v) is 4.44. The van der Waals surface area contributed by atoms with Crippen LogP contribution in [0.25, 0.3) is 0 Å². The molecule has 25 heavy (non-hydrogen) atoms. The maximum absolute atomic E-state index is 11.8. The highest BCUT2D eigenvalue weighted by atomic mass is 16.3. The van der Waals surface area contributed by atoms with E-state index in [1.165, 1.54) is 12.5 Å². The summed E-state index contributed by atoms with van der Waals surface area (Å²) in [4.78, 5) is 11.8. The summed E-state index contributed by atoms with van der Waals surface area (Å²) in [5.74, 6) is -0.385. The molecule has 5 N–H and O–H groups in total. The van der Waals surface area contributed by atoms with Gasteiger partial charge in [-0.1, -0.05) is 44.7 Å². The van der Waals surface area contributed by atoms with Crippen LogP contribution in [0.5, 0.6) is 0 Å². The van der Waals surface area contributed by atoms with Crippen molar-refractivity contribution in [2.24, 2.45) is 5.73 Å². The molecule has 0 bridgehead atoms. The van der Waals surface area contributed by atoms with Crippen LogP contribution in [0, 0.1) is 0 Å². The van der Waals surface area contributed by atoms with Crippen molar-refractivity contribution in [3.05, 3.63) is 29.8 Å². The molecule has 3 atom stereocenters. The summed E-state index contributed by atoms with van der Waals surface area (Å²) in [5.41, 5.74) is 7.51. The average Bonchev–Trinajstić information content (AvgIpc) is 2.60. The molecule has 5 heteroatoms. The molecule has 5 nitrogen and oxygen atoms in total. The lowest BCUT2D eigenvalue weighted by Gasteiger charge is -2.14. The first-order chi connectivity index (χ1) is 11.9. The van der Waals surface area contributed by atoms with E-state index in [2.05, 4.69) is 12.2 Å². The molecule has 0 aliphatic carbocycles. The SMILES string of the molecule is CCCCC(O)CCCCCc1ccc(NC(=O)[C@@H](N)[C@@H](C)O)cc1. The van der Waals surface area contributed by atoms with Gasteiger partial charge in [-0.3, -0.25) is 4.79 Å². The van der Waals surface area contributed by atoms with Gasteiger partial charge in [-0.05, 0) is 50.3 Å². The minimum atomic E-state index is -0.924. The summed E-state index contributed by atoms with van der Waals surface area (Å²) in [7, 11) is 0. The van der Waals surface area contributed by atoms with E-state index in [1.54, 1.807) is 0 Å². The number of hydrogen-bond donors (Lipinski definition) is 4. The van der Waals surface area contributed by atoms with E-state index in [-0.39, 0.29) is 12.0 Å². The van der Waals surface area contributed by atoms with E-state index in [1.807, 2.05) is 24.3 Å². The first-order valence-electron chi connectivity index (χ1n) is 9.45. The number of rotatable bonds is 12. The molecule has 0 aliphatic rings. The summed E-state index contributed by atoms with van der Waals surface area (Å²) in [6.07, 6.45) is 7.31. The minimum absolute atomic E-state index is 0.143. The second kappa shape index (κ2) is 12.0. The fourth-order valence-corrected chi connectivity index (χ4v) is 2.67. The van der Waals surface area contributed by atoms with Crippen LogP contribution in [-0.4, -0.2) is 34.4 Å². The third-order valence-electron chi connectivity index (χ3n) is 4.44. The van der Waals surface area contributed by atoms with Crippen LogP contribution in [0.15, 0.2) is 24.3 Å². The molecule has 1 amide bonds. The monoisotopic (exact) mass is 350 g/mol. The smallest absolute Gasteiger partial charge is 0.243 e. The Kier molecular flexibility index (Phi) is 10.4. The van der Waals surface area contributed by atoms with Gasteiger partial charge in [0.15, 0.2) is 0 Å². The lowest BCUT2D eigenvalue weighted by molar-refractivity contribution is -0.119. The summed E-state index contributed by atoms with van der Waals surface area (Å²) < 4.78 is 0. The molecule has 0 saturated heterocycles. The third kappa shape index (κ3) is 9.00. The zero-order chi connectivity index (χ0) is 18.7. The summed E-state index contributed by atoms with van der Waals surface area (Å²) in [6.45, 7) is 3.64. The number of unbranched alkanes of at least 4 members (excludes halogenated alkanes) is 3. The lowest BCUT2D eigenvalue weighted by Crippen LogP contribution is -2.43. The number of benzene rings is 1. The Labute approximate surface area is 151 Å². The number of amides is 1. The van der Waals surface area contributed by atoms with Crippen LogP contribution in [0.3, 0.4) is 0 Å². The summed E-state index contributed by atoms with van der Waals surface area (Å²) in [5, 5.41) is 21.8. The van der Waals surface area contributed by atoms with Crippen LogP contribution >= 0.6 is 0 Å². The van der Waals surface area contributed by atoms with Gasteiger partial charge in [0.05, 0.1) is 12.2 Å². The number of aliphatic hydroxyl groups is 2. The first kappa shape index (κ1) is 21.6. The van der Waals surface area contributed by atoms with Crippen molar-refractivity contribution in [3.8, 4) is 0 Å². The number of nitrogens with two attached hydrogens (primary N) is 1. The van der Waals surface area contributed by atoms with Gasteiger partial charge < -0.3 is 21.3 Å². The van der Waals surface area contributed by atoms with Crippen molar-refractivity contribution in [2.45, 2.75) is 83.5 Å². The van der Waals surface area contributed by atoms with Crippen LogP contribution < -0.4 is 11.1 Å². The van der Waals surface area contributed by atoms with Crippen LogP contribution in [0.2, 0.25) is 0 Å². The van der Waals surface area contributed by atoms with E-state index in [9.17, 15) is 15.0 Å². The number of anilines is 1. The van der Waals surface area contributed by atoms with Crippen LogP contribution in [0.4, 0.5) is 5.69 Å². The van der Waals surface area contributed by atoms with Crippen LogP contribution in [0.1, 0.15) is 64.4 Å². The summed E-state index contributed by atoms with van der Waals surface area (Å²) >= 11 is 0. The standard InChI is InChI=1S/C20H34N2O3/c1-3-4-9-18(24)10-7-5-6-8-16-11-13-17(14-12-16)22-20(25)19(21)15(2)23/h11-15,18-19,23-24H,3-10,21H2,1-2H3,(H,22,25)/t15-,18?,19+/m1/s1. The molecule has 142 valence electrons. The molecular weight excluding hydrogens is 316 g/mol.